The van der Waals surface area contributed by atoms with Gasteiger partial charge in [-0.15, -0.1) is 0 Å². The lowest BCUT2D eigenvalue weighted by Crippen LogP contribution is -2.47. The fraction of sp³-hybridized carbons (Fsp3) is 0.158. The fourth-order valence-electron chi connectivity index (χ4n) is 3.24. The van der Waals surface area contributed by atoms with Crippen LogP contribution < -0.4 is 5.32 Å². The minimum Gasteiger partial charge on any atom is -0.361 e. The molecule has 4 nitrogen and oxygen atoms in total. The molecule has 1 N–H and O–H groups in total. The van der Waals surface area contributed by atoms with Crippen LogP contribution in [-0.4, -0.2) is 28.5 Å². The van der Waals surface area contributed by atoms with Crippen LogP contribution >= 0.6 is 0 Å². The number of halogens is 3. The molecule has 0 bridgehead atoms. The van der Waals surface area contributed by atoms with Crippen molar-refractivity contribution in [2.45, 2.75) is 12.3 Å². The van der Waals surface area contributed by atoms with Crippen LogP contribution in [0.2, 0.25) is 0 Å². The van der Waals surface area contributed by atoms with Crippen molar-refractivity contribution >= 4 is 22.5 Å². The number of hydrogen-bond donors (Lipinski definition) is 1. The van der Waals surface area contributed by atoms with Gasteiger partial charge in [-0.3, -0.25) is 9.78 Å². The van der Waals surface area contributed by atoms with E-state index >= 15 is 0 Å². The largest absolute Gasteiger partial charge is 0.406 e. The molecular weight excluding hydrogens is 343 g/mol. The van der Waals surface area contributed by atoms with Crippen LogP contribution in [0.5, 0.6) is 0 Å². The zero-order valence-electron chi connectivity index (χ0n) is 13.5. The SMILES string of the molecule is O=C1c2ccccc2N[C@@H](c2cccc3cccnc23)N1CC(F)(F)F. The van der Waals surface area contributed by atoms with Crippen molar-refractivity contribution in [3.05, 3.63) is 71.9 Å². The predicted octanol–water partition coefficient (Wildman–Crippen LogP) is 4.36. The predicted molar refractivity (Wildman–Crippen MR) is 91.6 cm³/mol. The summed E-state index contributed by atoms with van der Waals surface area (Å²) in [7, 11) is 0. The number of nitrogens with one attached hydrogen (secondary N) is 1. The quantitative estimate of drug-likeness (QED) is 0.741. The summed E-state index contributed by atoms with van der Waals surface area (Å²) >= 11 is 0. The molecule has 1 aromatic heterocycles. The number of nitrogens with zero attached hydrogens (tertiary/aromatic N) is 2. The molecular formula is C19H14F3N3O. The van der Waals surface area contributed by atoms with E-state index in [0.717, 1.165) is 10.3 Å². The molecule has 0 spiro atoms. The first-order valence-electron chi connectivity index (χ1n) is 8.01. The number of hydrogen-bond acceptors (Lipinski definition) is 3. The van der Waals surface area contributed by atoms with Gasteiger partial charge >= 0.3 is 6.18 Å². The number of amides is 1. The number of rotatable bonds is 2. The number of aromatic nitrogens is 1. The van der Waals surface area contributed by atoms with E-state index in [4.69, 9.17) is 0 Å². The topological polar surface area (TPSA) is 45.2 Å². The van der Waals surface area contributed by atoms with E-state index in [1.807, 2.05) is 12.1 Å². The fourth-order valence-corrected chi connectivity index (χ4v) is 3.24. The van der Waals surface area contributed by atoms with Gasteiger partial charge in [0.1, 0.15) is 12.7 Å². The zero-order valence-corrected chi connectivity index (χ0v) is 13.5. The van der Waals surface area contributed by atoms with Crippen molar-refractivity contribution in [1.82, 2.24) is 9.88 Å². The minimum atomic E-state index is -4.51. The highest BCUT2D eigenvalue weighted by Crippen LogP contribution is 2.37. The molecule has 1 aliphatic rings. The molecule has 7 heteroatoms. The molecule has 1 amide bonds. The highest BCUT2D eigenvalue weighted by Gasteiger charge is 2.41. The normalized spacial score (nSPS) is 17.1. The molecule has 26 heavy (non-hydrogen) atoms. The summed E-state index contributed by atoms with van der Waals surface area (Å²) in [6, 6.07) is 15.4. The maximum Gasteiger partial charge on any atom is 0.406 e. The number of benzene rings is 2. The van der Waals surface area contributed by atoms with Crippen molar-refractivity contribution in [3.8, 4) is 0 Å². The standard InChI is InChI=1S/C19H14F3N3O/c20-19(21,22)11-25-17(24-15-9-2-1-7-13(15)18(25)26)14-8-3-5-12-6-4-10-23-16(12)14/h1-10,17,24H,11H2/t17-/m1/s1. The Morgan fingerprint density at radius 2 is 1.81 bits per heavy atom. The molecule has 3 aromatic rings. The van der Waals surface area contributed by atoms with Crippen molar-refractivity contribution in [1.29, 1.82) is 0 Å². The summed E-state index contributed by atoms with van der Waals surface area (Å²) in [6.07, 6.45) is -3.89. The first-order chi connectivity index (χ1) is 12.4. The van der Waals surface area contributed by atoms with E-state index < -0.39 is 24.8 Å². The number of pyridine rings is 1. The van der Waals surface area contributed by atoms with Crippen molar-refractivity contribution in [3.63, 3.8) is 0 Å². The molecule has 0 saturated carbocycles. The maximum atomic E-state index is 13.2. The highest BCUT2D eigenvalue weighted by molar-refractivity contribution is 6.02. The van der Waals surface area contributed by atoms with Gasteiger partial charge in [0, 0.05) is 22.8 Å². The molecule has 132 valence electrons. The summed E-state index contributed by atoms with van der Waals surface area (Å²) < 4.78 is 39.5. The number of fused-ring (bicyclic) bond motifs is 2. The van der Waals surface area contributed by atoms with E-state index in [-0.39, 0.29) is 5.56 Å². The van der Waals surface area contributed by atoms with E-state index in [0.29, 0.717) is 16.8 Å². The van der Waals surface area contributed by atoms with Gasteiger partial charge in [-0.05, 0) is 18.2 Å². The Morgan fingerprint density at radius 1 is 1.04 bits per heavy atom. The smallest absolute Gasteiger partial charge is 0.361 e. The molecule has 2 aromatic carbocycles. The van der Waals surface area contributed by atoms with Crippen LogP contribution in [0.3, 0.4) is 0 Å². The van der Waals surface area contributed by atoms with Crippen LogP contribution in [0, 0.1) is 0 Å². The average Bonchev–Trinajstić information content (AvgIpc) is 2.62. The summed E-state index contributed by atoms with van der Waals surface area (Å²) in [5.41, 5.74) is 1.82. The summed E-state index contributed by atoms with van der Waals surface area (Å²) in [5, 5.41) is 3.87. The number of carbonyl (C=O) groups excluding carboxylic acids is 1. The molecule has 0 fully saturated rings. The molecule has 0 unspecified atom stereocenters. The van der Waals surface area contributed by atoms with Gasteiger partial charge in [-0.2, -0.15) is 13.2 Å². The first-order valence-corrected chi connectivity index (χ1v) is 8.01. The van der Waals surface area contributed by atoms with Gasteiger partial charge in [0.15, 0.2) is 0 Å². The van der Waals surface area contributed by atoms with Crippen molar-refractivity contribution < 1.29 is 18.0 Å². The lowest BCUT2D eigenvalue weighted by Gasteiger charge is -2.38. The van der Waals surface area contributed by atoms with Crippen LogP contribution in [0.1, 0.15) is 22.1 Å². The van der Waals surface area contributed by atoms with E-state index in [1.54, 1.807) is 42.6 Å². The van der Waals surface area contributed by atoms with Crippen molar-refractivity contribution in [2.75, 3.05) is 11.9 Å². The summed E-state index contributed by atoms with van der Waals surface area (Å²) in [4.78, 5) is 17.9. The lowest BCUT2D eigenvalue weighted by atomic mass is 10.0. The highest BCUT2D eigenvalue weighted by atomic mass is 19.4. The molecule has 0 aliphatic carbocycles. The second kappa shape index (κ2) is 6.01. The lowest BCUT2D eigenvalue weighted by molar-refractivity contribution is -0.144. The van der Waals surface area contributed by atoms with Gasteiger partial charge in [-0.25, -0.2) is 0 Å². The van der Waals surface area contributed by atoms with Crippen LogP contribution in [0.25, 0.3) is 10.9 Å². The van der Waals surface area contributed by atoms with Crippen LogP contribution in [0.15, 0.2) is 60.8 Å². The number of anilines is 1. The van der Waals surface area contributed by atoms with Crippen LogP contribution in [-0.2, 0) is 0 Å². The summed E-state index contributed by atoms with van der Waals surface area (Å²) in [5.74, 6) is -0.658. The second-order valence-corrected chi connectivity index (χ2v) is 6.06. The third kappa shape index (κ3) is 2.85. The molecule has 2 heterocycles. The van der Waals surface area contributed by atoms with E-state index in [2.05, 4.69) is 10.3 Å². The Kier molecular flexibility index (Phi) is 3.79. The summed E-state index contributed by atoms with van der Waals surface area (Å²) in [6.45, 7) is -1.35. The van der Waals surface area contributed by atoms with Crippen molar-refractivity contribution in [2.24, 2.45) is 0 Å². The van der Waals surface area contributed by atoms with Gasteiger partial charge in [0.05, 0.1) is 11.1 Å². The second-order valence-electron chi connectivity index (χ2n) is 6.06. The average molecular weight is 357 g/mol. The minimum absolute atomic E-state index is 0.223. The van der Waals surface area contributed by atoms with Crippen LogP contribution in [0.4, 0.5) is 18.9 Å². The van der Waals surface area contributed by atoms with Gasteiger partial charge in [0.25, 0.3) is 5.91 Å². The van der Waals surface area contributed by atoms with Gasteiger partial charge in [0.2, 0.25) is 0 Å². The van der Waals surface area contributed by atoms with Gasteiger partial charge in [-0.1, -0.05) is 36.4 Å². The number of alkyl halides is 3. The van der Waals surface area contributed by atoms with Gasteiger partial charge < -0.3 is 10.2 Å². The monoisotopic (exact) mass is 357 g/mol. The molecule has 1 atom stereocenters. The first kappa shape index (κ1) is 16.4. The zero-order chi connectivity index (χ0) is 18.3. The number of carbonyl (C=O) groups is 1. The number of para-hydroxylation sites is 2. The third-order valence-electron chi connectivity index (χ3n) is 4.33. The Labute approximate surface area is 147 Å². The van der Waals surface area contributed by atoms with E-state index in [9.17, 15) is 18.0 Å². The molecule has 0 radical (unpaired) electrons. The Bertz CT molecular complexity index is 982. The molecule has 0 saturated heterocycles. The Hall–Kier alpha value is -3.09. The van der Waals surface area contributed by atoms with E-state index in [1.165, 1.54) is 6.07 Å². The molecule has 4 rings (SSSR count). The maximum absolute atomic E-state index is 13.2. The Balaban J connectivity index is 1.88. The Morgan fingerprint density at radius 3 is 2.62 bits per heavy atom. The molecule has 1 aliphatic heterocycles. The third-order valence-corrected chi connectivity index (χ3v) is 4.33.